The predicted octanol–water partition coefficient (Wildman–Crippen LogP) is 1.78. The van der Waals surface area contributed by atoms with Gasteiger partial charge in [0.1, 0.15) is 6.10 Å². The summed E-state index contributed by atoms with van der Waals surface area (Å²) in [5, 5.41) is 0. The van der Waals surface area contributed by atoms with E-state index in [4.69, 9.17) is 4.74 Å². The normalized spacial score (nSPS) is 21.6. The van der Waals surface area contributed by atoms with Crippen LogP contribution in [0.25, 0.3) is 0 Å². The summed E-state index contributed by atoms with van der Waals surface area (Å²) in [5.74, 6) is 0.236. The minimum Gasteiger partial charge on any atom is -0.368 e. The largest absolute Gasteiger partial charge is 0.368 e. The van der Waals surface area contributed by atoms with Crippen LogP contribution in [0.1, 0.15) is 30.4 Å². The van der Waals surface area contributed by atoms with E-state index in [-0.39, 0.29) is 17.9 Å². The number of aryl methyl sites for hydroxylation is 1. The standard InChI is InChI=1S/C19H26N2O3/c1-15-5-7-16(8-6-15)14-18(22)20-9-11-21(12-10-20)19(23)17-4-2-3-13-24-17/h5-8,17H,2-4,9-14H2,1H3. The Balaban J connectivity index is 1.48. The number of carbonyl (C=O) groups excluding carboxylic acids is 2. The molecule has 0 N–H and O–H groups in total. The number of amides is 2. The molecular weight excluding hydrogens is 304 g/mol. The van der Waals surface area contributed by atoms with Gasteiger partial charge >= 0.3 is 0 Å². The lowest BCUT2D eigenvalue weighted by Crippen LogP contribution is -2.53. The topological polar surface area (TPSA) is 49.9 Å². The molecule has 5 heteroatoms. The Hall–Kier alpha value is -1.88. The predicted molar refractivity (Wildman–Crippen MR) is 91.6 cm³/mol. The van der Waals surface area contributed by atoms with Crippen molar-refractivity contribution in [2.24, 2.45) is 0 Å². The third-order valence-electron chi connectivity index (χ3n) is 4.88. The molecule has 0 spiro atoms. The molecule has 1 aromatic rings. The van der Waals surface area contributed by atoms with Crippen molar-refractivity contribution in [1.29, 1.82) is 0 Å². The minimum absolute atomic E-state index is 0.0975. The molecule has 1 unspecified atom stereocenters. The zero-order chi connectivity index (χ0) is 16.9. The van der Waals surface area contributed by atoms with Gasteiger partial charge in [-0.1, -0.05) is 29.8 Å². The fourth-order valence-corrected chi connectivity index (χ4v) is 3.31. The van der Waals surface area contributed by atoms with Gasteiger partial charge in [0, 0.05) is 32.8 Å². The van der Waals surface area contributed by atoms with Crippen LogP contribution >= 0.6 is 0 Å². The molecule has 3 rings (SSSR count). The van der Waals surface area contributed by atoms with Gasteiger partial charge in [-0.3, -0.25) is 9.59 Å². The Labute approximate surface area is 143 Å². The van der Waals surface area contributed by atoms with E-state index in [1.54, 1.807) is 0 Å². The van der Waals surface area contributed by atoms with E-state index in [1.807, 2.05) is 41.0 Å². The van der Waals surface area contributed by atoms with Crippen LogP contribution in [0.15, 0.2) is 24.3 Å². The van der Waals surface area contributed by atoms with Crippen molar-refractivity contribution in [3.8, 4) is 0 Å². The number of hydrogen-bond donors (Lipinski definition) is 0. The number of rotatable bonds is 3. The summed E-state index contributed by atoms with van der Waals surface area (Å²) in [6.45, 7) is 5.17. The Morgan fingerprint density at radius 3 is 2.33 bits per heavy atom. The van der Waals surface area contributed by atoms with Crippen molar-refractivity contribution < 1.29 is 14.3 Å². The highest BCUT2D eigenvalue weighted by Crippen LogP contribution is 2.16. The van der Waals surface area contributed by atoms with E-state index in [0.29, 0.717) is 39.2 Å². The SMILES string of the molecule is Cc1ccc(CC(=O)N2CCN(C(=O)C3CCCCO3)CC2)cc1. The highest BCUT2D eigenvalue weighted by molar-refractivity contribution is 5.82. The van der Waals surface area contributed by atoms with Crippen LogP contribution in [0, 0.1) is 6.92 Å². The fraction of sp³-hybridized carbons (Fsp3) is 0.579. The van der Waals surface area contributed by atoms with Gasteiger partial charge in [0.2, 0.25) is 5.91 Å². The summed E-state index contributed by atoms with van der Waals surface area (Å²) in [4.78, 5) is 28.6. The molecule has 0 aromatic heterocycles. The maximum absolute atomic E-state index is 12.5. The highest BCUT2D eigenvalue weighted by atomic mass is 16.5. The number of piperazine rings is 1. The lowest BCUT2D eigenvalue weighted by atomic mass is 10.1. The van der Waals surface area contributed by atoms with Crippen LogP contribution < -0.4 is 0 Å². The second-order valence-corrected chi connectivity index (χ2v) is 6.72. The van der Waals surface area contributed by atoms with Gasteiger partial charge < -0.3 is 14.5 Å². The third-order valence-corrected chi connectivity index (χ3v) is 4.88. The Kier molecular flexibility index (Phi) is 5.51. The van der Waals surface area contributed by atoms with Crippen LogP contribution in [0.3, 0.4) is 0 Å². The van der Waals surface area contributed by atoms with Crippen molar-refractivity contribution in [3.63, 3.8) is 0 Å². The maximum atomic E-state index is 12.5. The first-order chi connectivity index (χ1) is 11.6. The zero-order valence-corrected chi connectivity index (χ0v) is 14.4. The summed E-state index contributed by atoms with van der Waals surface area (Å²) in [6, 6.07) is 8.08. The second-order valence-electron chi connectivity index (χ2n) is 6.72. The lowest BCUT2D eigenvalue weighted by Gasteiger charge is -2.37. The van der Waals surface area contributed by atoms with Crippen molar-refractivity contribution >= 4 is 11.8 Å². The van der Waals surface area contributed by atoms with E-state index in [0.717, 1.165) is 24.8 Å². The lowest BCUT2D eigenvalue weighted by molar-refractivity contribution is -0.150. The minimum atomic E-state index is -0.270. The summed E-state index contributed by atoms with van der Waals surface area (Å²) in [7, 11) is 0. The third kappa shape index (κ3) is 4.15. The summed E-state index contributed by atoms with van der Waals surface area (Å²) in [6.07, 6.45) is 3.09. The molecule has 2 amide bonds. The van der Waals surface area contributed by atoms with Crippen molar-refractivity contribution in [1.82, 2.24) is 9.80 Å². The van der Waals surface area contributed by atoms with Gasteiger partial charge in [-0.2, -0.15) is 0 Å². The molecule has 2 heterocycles. The van der Waals surface area contributed by atoms with E-state index >= 15 is 0 Å². The summed E-state index contributed by atoms with van der Waals surface area (Å²) >= 11 is 0. The molecule has 2 aliphatic rings. The molecule has 24 heavy (non-hydrogen) atoms. The summed E-state index contributed by atoms with van der Waals surface area (Å²) < 4.78 is 5.58. The van der Waals surface area contributed by atoms with Crippen molar-refractivity contribution in [2.45, 2.75) is 38.7 Å². The molecule has 2 saturated heterocycles. The van der Waals surface area contributed by atoms with Gasteiger partial charge in [-0.25, -0.2) is 0 Å². The van der Waals surface area contributed by atoms with Gasteiger partial charge in [0.25, 0.3) is 5.91 Å². The zero-order valence-electron chi connectivity index (χ0n) is 14.4. The van der Waals surface area contributed by atoms with Gasteiger partial charge in [-0.15, -0.1) is 0 Å². The van der Waals surface area contributed by atoms with E-state index in [1.165, 1.54) is 5.56 Å². The Morgan fingerprint density at radius 1 is 1.04 bits per heavy atom. The smallest absolute Gasteiger partial charge is 0.251 e. The number of hydrogen-bond acceptors (Lipinski definition) is 3. The first-order valence-corrected chi connectivity index (χ1v) is 8.87. The van der Waals surface area contributed by atoms with Crippen LogP contribution in [-0.2, 0) is 20.7 Å². The van der Waals surface area contributed by atoms with E-state index in [9.17, 15) is 9.59 Å². The van der Waals surface area contributed by atoms with Gasteiger partial charge in [0.15, 0.2) is 0 Å². The molecule has 0 saturated carbocycles. The molecule has 5 nitrogen and oxygen atoms in total. The Morgan fingerprint density at radius 2 is 1.71 bits per heavy atom. The average molecular weight is 330 g/mol. The van der Waals surface area contributed by atoms with Crippen LogP contribution in [0.4, 0.5) is 0 Å². The molecule has 1 aromatic carbocycles. The van der Waals surface area contributed by atoms with Gasteiger partial charge in [-0.05, 0) is 31.7 Å². The molecule has 2 fully saturated rings. The summed E-state index contributed by atoms with van der Waals surface area (Å²) in [5.41, 5.74) is 2.24. The molecule has 2 aliphatic heterocycles. The number of benzene rings is 1. The van der Waals surface area contributed by atoms with E-state index < -0.39 is 0 Å². The van der Waals surface area contributed by atoms with Crippen LogP contribution in [-0.4, -0.2) is 60.5 Å². The highest BCUT2D eigenvalue weighted by Gasteiger charge is 2.30. The fourth-order valence-electron chi connectivity index (χ4n) is 3.31. The van der Waals surface area contributed by atoms with Gasteiger partial charge in [0.05, 0.1) is 6.42 Å². The number of ether oxygens (including phenoxy) is 1. The van der Waals surface area contributed by atoms with E-state index in [2.05, 4.69) is 0 Å². The Bertz CT molecular complexity index is 571. The van der Waals surface area contributed by atoms with Crippen LogP contribution in [0.2, 0.25) is 0 Å². The maximum Gasteiger partial charge on any atom is 0.251 e. The molecular formula is C19H26N2O3. The number of carbonyl (C=O) groups is 2. The monoisotopic (exact) mass is 330 g/mol. The van der Waals surface area contributed by atoms with Crippen molar-refractivity contribution in [2.75, 3.05) is 32.8 Å². The first kappa shape index (κ1) is 17.0. The molecule has 1 atom stereocenters. The number of nitrogens with zero attached hydrogens (tertiary/aromatic N) is 2. The average Bonchev–Trinajstić information content (AvgIpc) is 2.64. The molecule has 130 valence electrons. The second kappa shape index (κ2) is 7.79. The molecule has 0 aliphatic carbocycles. The molecule has 0 radical (unpaired) electrons. The first-order valence-electron chi connectivity index (χ1n) is 8.87. The quantitative estimate of drug-likeness (QED) is 0.849. The van der Waals surface area contributed by atoms with Crippen molar-refractivity contribution in [3.05, 3.63) is 35.4 Å². The molecule has 0 bridgehead atoms. The van der Waals surface area contributed by atoms with Crippen LogP contribution in [0.5, 0.6) is 0 Å².